The van der Waals surface area contributed by atoms with E-state index in [1.165, 1.54) is 19.3 Å². The molecule has 0 radical (unpaired) electrons. The molecule has 1 atom stereocenters. The van der Waals surface area contributed by atoms with E-state index < -0.39 is 6.10 Å². The number of aliphatic hydroxyl groups excluding tert-OH is 1. The molecule has 3 N–H and O–H groups in total. The van der Waals surface area contributed by atoms with E-state index in [1.54, 1.807) is 0 Å². The first-order valence-corrected chi connectivity index (χ1v) is 9.15. The number of carbonyl (C=O) groups is 1. The number of unbranched alkanes of at least 4 members (excludes halogenated alkanes) is 1. The number of urea groups is 1. The summed E-state index contributed by atoms with van der Waals surface area (Å²) >= 11 is 0. The third-order valence-electron chi connectivity index (χ3n) is 4.54. The van der Waals surface area contributed by atoms with E-state index in [1.807, 2.05) is 24.3 Å². The van der Waals surface area contributed by atoms with E-state index in [0.717, 1.165) is 31.4 Å². The first kappa shape index (κ1) is 18.6. The average Bonchev–Trinajstić information content (AvgIpc) is 2.62. The Morgan fingerprint density at radius 1 is 1.25 bits per heavy atom. The molecule has 1 aliphatic carbocycles. The lowest BCUT2D eigenvalue weighted by Gasteiger charge is -2.26. The van der Waals surface area contributed by atoms with Crippen LogP contribution in [0.2, 0.25) is 0 Å². The number of rotatable bonds is 8. The van der Waals surface area contributed by atoms with Gasteiger partial charge >= 0.3 is 6.03 Å². The molecule has 0 aromatic heterocycles. The van der Waals surface area contributed by atoms with Crippen molar-refractivity contribution in [2.45, 2.75) is 58.0 Å². The van der Waals surface area contributed by atoms with Crippen LogP contribution in [-0.2, 0) is 0 Å². The van der Waals surface area contributed by atoms with Crippen molar-refractivity contribution in [1.29, 1.82) is 0 Å². The van der Waals surface area contributed by atoms with Gasteiger partial charge in [0, 0.05) is 12.2 Å². The topological polar surface area (TPSA) is 70.6 Å². The SMILES string of the molecule is CCCCOc1ccc(NC(=O)NCC(O)C2CCCCC2)cc1. The van der Waals surface area contributed by atoms with Crippen LogP contribution in [0.15, 0.2) is 24.3 Å². The van der Waals surface area contributed by atoms with Crippen molar-refractivity contribution in [2.24, 2.45) is 5.92 Å². The predicted molar refractivity (Wildman–Crippen MR) is 96.4 cm³/mol. The summed E-state index contributed by atoms with van der Waals surface area (Å²) in [5.74, 6) is 1.13. The van der Waals surface area contributed by atoms with Crippen LogP contribution in [0.25, 0.3) is 0 Å². The minimum Gasteiger partial charge on any atom is -0.494 e. The number of aliphatic hydroxyl groups is 1. The maximum atomic E-state index is 11.9. The van der Waals surface area contributed by atoms with Gasteiger partial charge in [0.15, 0.2) is 0 Å². The van der Waals surface area contributed by atoms with Crippen molar-refractivity contribution in [2.75, 3.05) is 18.5 Å². The summed E-state index contributed by atoms with van der Waals surface area (Å²) in [5, 5.41) is 15.7. The minimum absolute atomic E-state index is 0.287. The molecule has 2 amide bonds. The summed E-state index contributed by atoms with van der Waals surface area (Å²) in [5.41, 5.74) is 0.711. The molecule has 134 valence electrons. The van der Waals surface area contributed by atoms with Crippen molar-refractivity contribution >= 4 is 11.7 Å². The van der Waals surface area contributed by atoms with Crippen LogP contribution in [0.5, 0.6) is 5.75 Å². The van der Waals surface area contributed by atoms with Gasteiger partial charge < -0.3 is 20.5 Å². The van der Waals surface area contributed by atoms with Crippen molar-refractivity contribution in [3.63, 3.8) is 0 Å². The molecule has 5 heteroatoms. The fourth-order valence-electron chi connectivity index (χ4n) is 3.03. The molecule has 1 saturated carbocycles. The van der Waals surface area contributed by atoms with Gasteiger partial charge in [0.25, 0.3) is 0 Å². The number of anilines is 1. The van der Waals surface area contributed by atoms with Crippen LogP contribution in [0.1, 0.15) is 51.9 Å². The second kappa shape index (κ2) is 10.2. The summed E-state index contributed by atoms with van der Waals surface area (Å²) < 4.78 is 5.59. The second-order valence-corrected chi connectivity index (χ2v) is 6.53. The molecule has 0 saturated heterocycles. The van der Waals surface area contributed by atoms with Crippen molar-refractivity contribution < 1.29 is 14.6 Å². The lowest BCUT2D eigenvalue weighted by atomic mass is 9.85. The van der Waals surface area contributed by atoms with Gasteiger partial charge in [-0.15, -0.1) is 0 Å². The Labute approximate surface area is 144 Å². The number of ether oxygens (including phenoxy) is 1. The van der Waals surface area contributed by atoms with Gasteiger partial charge in [-0.05, 0) is 49.4 Å². The number of nitrogens with one attached hydrogen (secondary N) is 2. The molecular formula is C19H30N2O3. The summed E-state index contributed by atoms with van der Waals surface area (Å²) in [6.07, 6.45) is 7.42. The molecule has 0 spiro atoms. The van der Waals surface area contributed by atoms with Crippen molar-refractivity contribution in [3.05, 3.63) is 24.3 Å². The van der Waals surface area contributed by atoms with Gasteiger partial charge in [-0.2, -0.15) is 0 Å². The van der Waals surface area contributed by atoms with Crippen molar-refractivity contribution in [3.8, 4) is 5.75 Å². The maximum absolute atomic E-state index is 11.9. The highest BCUT2D eigenvalue weighted by Gasteiger charge is 2.21. The summed E-state index contributed by atoms with van der Waals surface area (Å²) in [7, 11) is 0. The Kier molecular flexibility index (Phi) is 7.89. The zero-order valence-electron chi connectivity index (χ0n) is 14.6. The fourth-order valence-corrected chi connectivity index (χ4v) is 3.03. The molecule has 5 nitrogen and oxygen atoms in total. The lowest BCUT2D eigenvalue weighted by Crippen LogP contribution is -2.39. The van der Waals surface area contributed by atoms with Gasteiger partial charge in [-0.3, -0.25) is 0 Å². The quantitative estimate of drug-likeness (QED) is 0.631. The van der Waals surface area contributed by atoms with Gasteiger partial charge in [0.05, 0.1) is 12.7 Å². The first-order valence-electron chi connectivity index (χ1n) is 9.15. The molecule has 2 rings (SSSR count). The van der Waals surface area contributed by atoms with E-state index in [-0.39, 0.29) is 6.03 Å². The molecular weight excluding hydrogens is 304 g/mol. The fraction of sp³-hybridized carbons (Fsp3) is 0.632. The molecule has 1 unspecified atom stereocenters. The largest absolute Gasteiger partial charge is 0.494 e. The highest BCUT2D eigenvalue weighted by atomic mass is 16.5. The zero-order valence-corrected chi connectivity index (χ0v) is 14.6. The molecule has 0 bridgehead atoms. The molecule has 1 aromatic rings. The van der Waals surface area contributed by atoms with E-state index in [9.17, 15) is 9.90 Å². The van der Waals surface area contributed by atoms with Crippen LogP contribution < -0.4 is 15.4 Å². The summed E-state index contributed by atoms with van der Waals surface area (Å²) in [4.78, 5) is 11.9. The maximum Gasteiger partial charge on any atom is 0.319 e. The van der Waals surface area contributed by atoms with Crippen molar-refractivity contribution in [1.82, 2.24) is 5.32 Å². The van der Waals surface area contributed by atoms with E-state index in [2.05, 4.69) is 17.6 Å². The number of benzene rings is 1. The van der Waals surface area contributed by atoms with E-state index in [0.29, 0.717) is 24.8 Å². The number of hydrogen-bond acceptors (Lipinski definition) is 3. The van der Waals surface area contributed by atoms with Crippen LogP contribution in [0.4, 0.5) is 10.5 Å². The Hall–Kier alpha value is -1.75. The van der Waals surface area contributed by atoms with Crippen LogP contribution >= 0.6 is 0 Å². The zero-order chi connectivity index (χ0) is 17.2. The number of carbonyl (C=O) groups excluding carboxylic acids is 1. The van der Waals surface area contributed by atoms with Gasteiger partial charge in [0.2, 0.25) is 0 Å². The van der Waals surface area contributed by atoms with Crippen LogP contribution in [0.3, 0.4) is 0 Å². The van der Waals surface area contributed by atoms with Gasteiger partial charge in [-0.1, -0.05) is 32.6 Å². The van der Waals surface area contributed by atoms with Crippen LogP contribution in [-0.4, -0.2) is 30.4 Å². The molecule has 0 aliphatic heterocycles. The van der Waals surface area contributed by atoms with Gasteiger partial charge in [-0.25, -0.2) is 4.79 Å². The molecule has 1 fully saturated rings. The van der Waals surface area contributed by atoms with Crippen LogP contribution in [0, 0.1) is 5.92 Å². The van der Waals surface area contributed by atoms with E-state index >= 15 is 0 Å². The molecule has 0 heterocycles. The lowest BCUT2D eigenvalue weighted by molar-refractivity contribution is 0.0863. The van der Waals surface area contributed by atoms with E-state index in [4.69, 9.17) is 4.74 Å². The number of hydrogen-bond donors (Lipinski definition) is 3. The summed E-state index contributed by atoms with van der Waals surface area (Å²) in [6, 6.07) is 7.05. The monoisotopic (exact) mass is 334 g/mol. The number of amides is 2. The first-order chi connectivity index (χ1) is 11.7. The third-order valence-corrected chi connectivity index (χ3v) is 4.54. The third kappa shape index (κ3) is 6.40. The molecule has 24 heavy (non-hydrogen) atoms. The average molecular weight is 334 g/mol. The predicted octanol–water partition coefficient (Wildman–Crippen LogP) is 3.93. The van der Waals surface area contributed by atoms with Gasteiger partial charge in [0.1, 0.15) is 5.75 Å². The Morgan fingerprint density at radius 2 is 1.96 bits per heavy atom. The highest BCUT2D eigenvalue weighted by Crippen LogP contribution is 2.26. The smallest absolute Gasteiger partial charge is 0.319 e. The normalized spacial score (nSPS) is 16.4. The molecule has 1 aromatic carbocycles. The standard InChI is InChI=1S/C19H30N2O3/c1-2-3-13-24-17-11-9-16(10-12-17)21-19(23)20-14-18(22)15-7-5-4-6-8-15/h9-12,15,18,22H,2-8,13-14H2,1H3,(H2,20,21,23). The minimum atomic E-state index is -0.453. The Balaban J connectivity index is 1.69. The summed E-state index contributed by atoms with van der Waals surface area (Å²) in [6.45, 7) is 3.14. The Bertz CT molecular complexity index is 484. The Morgan fingerprint density at radius 3 is 2.62 bits per heavy atom. The highest BCUT2D eigenvalue weighted by molar-refractivity contribution is 5.89. The second-order valence-electron chi connectivity index (χ2n) is 6.53. The molecule has 1 aliphatic rings.